The molecule has 0 saturated carbocycles. The maximum Gasteiger partial charge on any atom is 0.277 e. The van der Waals surface area contributed by atoms with Crippen molar-refractivity contribution in [1.29, 1.82) is 0 Å². The van der Waals surface area contributed by atoms with Gasteiger partial charge in [0.1, 0.15) is 0 Å². The molecule has 0 spiro atoms. The summed E-state index contributed by atoms with van der Waals surface area (Å²) in [6, 6.07) is 7.79. The molecule has 2 rings (SSSR count). The Labute approximate surface area is 161 Å². The molecule has 26 heavy (non-hydrogen) atoms. The first-order valence-corrected chi connectivity index (χ1v) is 9.42. The van der Waals surface area contributed by atoms with E-state index in [0.717, 1.165) is 28.7 Å². The van der Waals surface area contributed by atoms with Gasteiger partial charge >= 0.3 is 0 Å². The largest absolute Gasteiger partial charge is 0.368 e. The maximum atomic E-state index is 12.5. The monoisotopic (exact) mass is 381 g/mol. The van der Waals surface area contributed by atoms with Gasteiger partial charge in [0.05, 0.1) is 7.05 Å². The van der Waals surface area contributed by atoms with Crippen LogP contribution in [0.2, 0.25) is 5.02 Å². The first-order chi connectivity index (χ1) is 12.1. The molecule has 0 bridgehead atoms. The van der Waals surface area contributed by atoms with E-state index >= 15 is 0 Å². The highest BCUT2D eigenvalue weighted by Gasteiger charge is 2.25. The van der Waals surface area contributed by atoms with E-state index in [1.54, 1.807) is 0 Å². The molecular formula is C19H30ClN4O2+. The average Bonchev–Trinajstić information content (AvgIpc) is 2.53. The Kier molecular flexibility index (Phi) is 6.89. The molecule has 1 aromatic rings. The molecule has 7 heteroatoms. The van der Waals surface area contributed by atoms with Crippen LogP contribution in [0.5, 0.6) is 0 Å². The number of halogens is 1. The first kappa shape index (κ1) is 20.5. The Morgan fingerprint density at radius 1 is 1.15 bits per heavy atom. The van der Waals surface area contributed by atoms with Gasteiger partial charge in [-0.15, -0.1) is 0 Å². The van der Waals surface area contributed by atoms with Gasteiger partial charge in [-0.05, 0) is 39.0 Å². The number of nitrogens with zero attached hydrogens (tertiary/aromatic N) is 2. The smallest absolute Gasteiger partial charge is 0.277 e. The Balaban J connectivity index is 1.78. The lowest BCUT2D eigenvalue weighted by atomic mass is 10.1. The minimum absolute atomic E-state index is 0.0337. The molecule has 1 aliphatic heterocycles. The number of hydrogen-bond donors (Lipinski definition) is 2. The van der Waals surface area contributed by atoms with Crippen molar-refractivity contribution in [3.63, 3.8) is 0 Å². The number of rotatable bonds is 5. The predicted octanol–water partition coefficient (Wildman–Crippen LogP) is 0.418. The normalized spacial score (nSPS) is 16.3. The lowest BCUT2D eigenvalue weighted by Crippen LogP contribution is -3.11. The summed E-state index contributed by atoms with van der Waals surface area (Å²) in [5.41, 5.74) is 0.837. The third-order valence-corrected chi connectivity index (χ3v) is 4.47. The zero-order valence-electron chi connectivity index (χ0n) is 16.1. The number of benzene rings is 1. The zero-order chi connectivity index (χ0) is 19.3. The fraction of sp³-hybridized carbons (Fsp3) is 0.579. The lowest BCUT2D eigenvalue weighted by molar-refractivity contribution is -0.863. The lowest BCUT2D eigenvalue weighted by Gasteiger charge is -2.36. The molecule has 1 fully saturated rings. The standard InChI is InChI=1S/C19H29ClN4O2/c1-19(2,3)21-17(25)13-22(4)14-18(26)24-10-8-23(9-11-24)16-7-5-6-15(20)12-16/h5-7,12H,8-11,13-14H2,1-4H3,(H,21,25)/p+1. The Morgan fingerprint density at radius 3 is 2.38 bits per heavy atom. The summed E-state index contributed by atoms with van der Waals surface area (Å²) in [5.74, 6) is 0.0605. The number of amides is 2. The molecule has 1 atom stereocenters. The first-order valence-electron chi connectivity index (χ1n) is 9.04. The van der Waals surface area contributed by atoms with Crippen LogP contribution in [-0.2, 0) is 9.59 Å². The van der Waals surface area contributed by atoms with Gasteiger partial charge in [0.2, 0.25) is 0 Å². The number of likely N-dealkylation sites (N-methyl/N-ethyl adjacent to an activating group) is 1. The number of nitrogens with one attached hydrogen (secondary N) is 2. The van der Waals surface area contributed by atoms with Crippen molar-refractivity contribution in [2.45, 2.75) is 26.3 Å². The molecule has 0 aliphatic carbocycles. The number of carbonyl (C=O) groups excluding carboxylic acids is 2. The van der Waals surface area contributed by atoms with Crippen LogP contribution in [0.3, 0.4) is 0 Å². The summed E-state index contributed by atoms with van der Waals surface area (Å²) in [6.45, 7) is 9.42. The van der Waals surface area contributed by atoms with Gasteiger partial charge in [-0.25, -0.2) is 0 Å². The van der Waals surface area contributed by atoms with E-state index in [-0.39, 0.29) is 17.4 Å². The summed E-state index contributed by atoms with van der Waals surface area (Å²) in [5, 5.41) is 3.65. The highest BCUT2D eigenvalue weighted by atomic mass is 35.5. The van der Waals surface area contributed by atoms with E-state index in [1.165, 1.54) is 0 Å². The van der Waals surface area contributed by atoms with Crippen LogP contribution < -0.4 is 15.1 Å². The summed E-state index contributed by atoms with van der Waals surface area (Å²) in [4.78, 5) is 29.5. The molecule has 0 radical (unpaired) electrons. The van der Waals surface area contributed by atoms with Gasteiger partial charge in [-0.2, -0.15) is 0 Å². The second-order valence-corrected chi connectivity index (χ2v) is 8.39. The van der Waals surface area contributed by atoms with Gasteiger partial charge in [-0.1, -0.05) is 17.7 Å². The molecule has 144 valence electrons. The molecular weight excluding hydrogens is 352 g/mol. The number of piperazine rings is 1. The van der Waals surface area contributed by atoms with Gasteiger partial charge < -0.3 is 20.0 Å². The molecule has 6 nitrogen and oxygen atoms in total. The fourth-order valence-corrected chi connectivity index (χ4v) is 3.24. The average molecular weight is 382 g/mol. The van der Waals surface area contributed by atoms with Crippen molar-refractivity contribution in [2.75, 3.05) is 51.2 Å². The molecule has 1 aliphatic rings. The fourth-order valence-electron chi connectivity index (χ4n) is 3.06. The van der Waals surface area contributed by atoms with Crippen LogP contribution in [0.25, 0.3) is 0 Å². The van der Waals surface area contributed by atoms with E-state index in [0.29, 0.717) is 26.2 Å². The molecule has 0 aromatic heterocycles. The van der Waals surface area contributed by atoms with Gasteiger partial charge in [0, 0.05) is 42.4 Å². The Morgan fingerprint density at radius 2 is 1.81 bits per heavy atom. The summed E-state index contributed by atoms with van der Waals surface area (Å²) < 4.78 is 0. The van der Waals surface area contributed by atoms with E-state index < -0.39 is 0 Å². The SMILES string of the molecule is C[NH+](CC(=O)NC(C)(C)C)CC(=O)N1CCN(c2cccc(Cl)c2)CC1. The van der Waals surface area contributed by atoms with Crippen molar-refractivity contribution >= 4 is 29.1 Å². The second kappa shape index (κ2) is 8.73. The molecule has 2 N–H and O–H groups in total. The van der Waals surface area contributed by atoms with E-state index in [2.05, 4.69) is 10.2 Å². The molecule has 1 saturated heterocycles. The summed E-state index contributed by atoms with van der Waals surface area (Å²) in [7, 11) is 1.88. The van der Waals surface area contributed by atoms with E-state index in [4.69, 9.17) is 11.6 Å². The van der Waals surface area contributed by atoms with Crippen molar-refractivity contribution in [1.82, 2.24) is 10.2 Å². The van der Waals surface area contributed by atoms with Crippen LogP contribution in [0, 0.1) is 0 Å². The topological polar surface area (TPSA) is 57.1 Å². The van der Waals surface area contributed by atoms with Crippen LogP contribution >= 0.6 is 11.6 Å². The minimum Gasteiger partial charge on any atom is -0.368 e. The van der Waals surface area contributed by atoms with Crippen LogP contribution in [-0.4, -0.2) is 68.6 Å². The summed E-state index contributed by atoms with van der Waals surface area (Å²) in [6.07, 6.45) is 0. The molecule has 1 heterocycles. The number of hydrogen-bond acceptors (Lipinski definition) is 3. The third kappa shape index (κ3) is 6.50. The van der Waals surface area contributed by atoms with Crippen molar-refractivity contribution in [3.8, 4) is 0 Å². The van der Waals surface area contributed by atoms with Crippen LogP contribution in [0.4, 0.5) is 5.69 Å². The van der Waals surface area contributed by atoms with Gasteiger partial charge in [-0.3, -0.25) is 9.59 Å². The molecule has 2 amide bonds. The predicted molar refractivity (Wildman–Crippen MR) is 105 cm³/mol. The Bertz CT molecular complexity index is 637. The minimum atomic E-state index is -0.252. The number of carbonyl (C=O) groups is 2. The highest BCUT2D eigenvalue weighted by Crippen LogP contribution is 2.20. The van der Waals surface area contributed by atoms with Crippen molar-refractivity contribution < 1.29 is 14.5 Å². The number of anilines is 1. The molecule has 1 aromatic carbocycles. The van der Waals surface area contributed by atoms with Crippen LogP contribution in [0.15, 0.2) is 24.3 Å². The number of quaternary nitrogens is 1. The van der Waals surface area contributed by atoms with Gasteiger partial charge in [0.25, 0.3) is 11.8 Å². The summed E-state index contributed by atoms with van der Waals surface area (Å²) >= 11 is 6.06. The second-order valence-electron chi connectivity index (χ2n) is 7.96. The zero-order valence-corrected chi connectivity index (χ0v) is 16.9. The quantitative estimate of drug-likeness (QED) is 0.777. The Hall–Kier alpha value is -1.79. The van der Waals surface area contributed by atoms with E-state index in [1.807, 2.05) is 57.0 Å². The maximum absolute atomic E-state index is 12.5. The van der Waals surface area contributed by atoms with Crippen molar-refractivity contribution in [3.05, 3.63) is 29.3 Å². The highest BCUT2D eigenvalue weighted by molar-refractivity contribution is 6.30. The van der Waals surface area contributed by atoms with Gasteiger partial charge in [0.15, 0.2) is 13.1 Å². The third-order valence-electron chi connectivity index (χ3n) is 4.24. The van der Waals surface area contributed by atoms with E-state index in [9.17, 15) is 9.59 Å². The van der Waals surface area contributed by atoms with Crippen molar-refractivity contribution in [2.24, 2.45) is 0 Å². The van der Waals surface area contributed by atoms with Crippen LogP contribution in [0.1, 0.15) is 20.8 Å². The molecule has 1 unspecified atom stereocenters.